The Balaban J connectivity index is 2.12. The van der Waals surface area contributed by atoms with Crippen LogP contribution in [-0.4, -0.2) is 38.1 Å². The van der Waals surface area contributed by atoms with Crippen LogP contribution in [0.15, 0.2) is 24.3 Å². The van der Waals surface area contributed by atoms with Crippen LogP contribution in [0.25, 0.3) is 0 Å². The minimum absolute atomic E-state index is 0.317. The monoisotopic (exact) mass is 275 g/mol. The number of rotatable bonds is 3. The molecule has 1 atom stereocenters. The molecule has 1 aromatic rings. The fourth-order valence-corrected chi connectivity index (χ4v) is 2.65. The van der Waals surface area contributed by atoms with Gasteiger partial charge in [-0.15, -0.1) is 0 Å². The topological polar surface area (TPSA) is 87.7 Å². The van der Waals surface area contributed by atoms with E-state index in [2.05, 4.69) is 10.6 Å². The molecule has 20 heavy (non-hydrogen) atoms. The Hall–Kier alpha value is -2.41. The van der Waals surface area contributed by atoms with E-state index < -0.39 is 23.4 Å². The van der Waals surface area contributed by atoms with Crippen LogP contribution >= 0.6 is 0 Å². The first-order valence-electron chi connectivity index (χ1n) is 6.15. The van der Waals surface area contributed by atoms with Crippen molar-refractivity contribution in [2.24, 2.45) is 0 Å². The SMILES string of the molecule is COCCN1C(=O)C2(NC(=O)NC2=O)c2ccccc21. The van der Waals surface area contributed by atoms with Crippen molar-refractivity contribution in [2.75, 3.05) is 25.2 Å². The van der Waals surface area contributed by atoms with E-state index in [1.165, 1.54) is 12.0 Å². The summed E-state index contributed by atoms with van der Waals surface area (Å²) in [4.78, 5) is 37.7. The van der Waals surface area contributed by atoms with E-state index in [0.717, 1.165) is 0 Å². The summed E-state index contributed by atoms with van der Waals surface area (Å²) >= 11 is 0. The second-order valence-corrected chi connectivity index (χ2v) is 4.62. The number of anilines is 1. The number of para-hydroxylation sites is 1. The summed E-state index contributed by atoms with van der Waals surface area (Å²) in [5, 5.41) is 4.59. The molecule has 1 aromatic carbocycles. The molecule has 2 heterocycles. The van der Waals surface area contributed by atoms with Gasteiger partial charge < -0.3 is 15.0 Å². The smallest absolute Gasteiger partial charge is 0.323 e. The van der Waals surface area contributed by atoms with Gasteiger partial charge in [-0.2, -0.15) is 0 Å². The molecule has 104 valence electrons. The van der Waals surface area contributed by atoms with Crippen LogP contribution in [0.1, 0.15) is 5.56 Å². The molecule has 2 aliphatic rings. The van der Waals surface area contributed by atoms with Crippen LogP contribution in [0.2, 0.25) is 0 Å². The zero-order valence-corrected chi connectivity index (χ0v) is 10.8. The third-order valence-corrected chi connectivity index (χ3v) is 3.55. The van der Waals surface area contributed by atoms with Gasteiger partial charge in [-0.25, -0.2) is 4.79 Å². The molecule has 7 heteroatoms. The maximum atomic E-state index is 12.6. The number of methoxy groups -OCH3 is 1. The predicted molar refractivity (Wildman–Crippen MR) is 69.0 cm³/mol. The van der Waals surface area contributed by atoms with Crippen LogP contribution in [-0.2, 0) is 19.9 Å². The predicted octanol–water partition coefficient (Wildman–Crippen LogP) is -0.286. The lowest BCUT2D eigenvalue weighted by atomic mass is 9.92. The molecule has 0 aliphatic carbocycles. The average molecular weight is 275 g/mol. The van der Waals surface area contributed by atoms with Gasteiger partial charge in [0.2, 0.25) is 5.54 Å². The molecular weight excluding hydrogens is 262 g/mol. The zero-order chi connectivity index (χ0) is 14.3. The number of nitrogens with zero attached hydrogens (tertiary/aromatic N) is 1. The minimum Gasteiger partial charge on any atom is -0.383 e. The second-order valence-electron chi connectivity index (χ2n) is 4.62. The number of imide groups is 1. The highest BCUT2D eigenvalue weighted by atomic mass is 16.5. The quantitative estimate of drug-likeness (QED) is 0.586. The molecule has 7 nitrogen and oxygen atoms in total. The van der Waals surface area contributed by atoms with Crippen molar-refractivity contribution in [1.29, 1.82) is 0 Å². The number of benzene rings is 1. The number of fused-ring (bicyclic) bond motifs is 2. The van der Waals surface area contributed by atoms with Crippen molar-refractivity contribution < 1.29 is 19.1 Å². The first kappa shape index (κ1) is 12.6. The number of urea groups is 1. The van der Waals surface area contributed by atoms with Crippen LogP contribution in [0, 0.1) is 0 Å². The summed E-state index contributed by atoms with van der Waals surface area (Å²) in [6, 6.07) is 6.26. The second kappa shape index (κ2) is 4.31. The van der Waals surface area contributed by atoms with Gasteiger partial charge in [0.15, 0.2) is 0 Å². The number of hydrogen-bond donors (Lipinski definition) is 2. The summed E-state index contributed by atoms with van der Waals surface area (Å²) in [7, 11) is 1.53. The highest BCUT2D eigenvalue weighted by molar-refractivity contribution is 6.27. The van der Waals surface area contributed by atoms with Gasteiger partial charge in [0, 0.05) is 19.2 Å². The van der Waals surface area contributed by atoms with Crippen LogP contribution in [0.4, 0.5) is 10.5 Å². The summed E-state index contributed by atoms with van der Waals surface area (Å²) in [6.45, 7) is 0.656. The lowest BCUT2D eigenvalue weighted by Gasteiger charge is -2.20. The standard InChI is InChI=1S/C13H13N3O4/c1-20-7-6-16-9-5-3-2-4-8(9)13(11(16)18)10(17)14-12(19)15-13/h2-5H,6-7H2,1H3,(H2,14,15,17,19). The van der Waals surface area contributed by atoms with Crippen molar-refractivity contribution in [3.63, 3.8) is 0 Å². The minimum atomic E-state index is -1.64. The van der Waals surface area contributed by atoms with E-state index in [1.54, 1.807) is 24.3 Å². The van der Waals surface area contributed by atoms with E-state index in [0.29, 0.717) is 24.4 Å². The van der Waals surface area contributed by atoms with Gasteiger partial charge in [-0.1, -0.05) is 18.2 Å². The summed E-state index contributed by atoms with van der Waals surface area (Å²) in [5.41, 5.74) is -0.530. The lowest BCUT2D eigenvalue weighted by Crippen LogP contribution is -2.52. The third-order valence-electron chi connectivity index (χ3n) is 3.55. The maximum absolute atomic E-state index is 12.6. The van der Waals surface area contributed by atoms with E-state index in [1.807, 2.05) is 0 Å². The first-order valence-corrected chi connectivity index (χ1v) is 6.15. The number of amides is 4. The van der Waals surface area contributed by atoms with Crippen molar-refractivity contribution in [2.45, 2.75) is 5.54 Å². The number of ether oxygens (including phenoxy) is 1. The third kappa shape index (κ3) is 1.47. The molecule has 4 amide bonds. The number of nitrogens with one attached hydrogen (secondary N) is 2. The van der Waals surface area contributed by atoms with Gasteiger partial charge in [-0.3, -0.25) is 14.9 Å². The molecule has 0 radical (unpaired) electrons. The van der Waals surface area contributed by atoms with E-state index in [4.69, 9.17) is 4.74 Å². The maximum Gasteiger partial charge on any atom is 0.323 e. The van der Waals surface area contributed by atoms with Crippen LogP contribution in [0.3, 0.4) is 0 Å². The molecule has 0 saturated carbocycles. The Morgan fingerprint density at radius 1 is 1.25 bits per heavy atom. The van der Waals surface area contributed by atoms with Crippen molar-refractivity contribution >= 4 is 23.5 Å². The van der Waals surface area contributed by atoms with Crippen molar-refractivity contribution in [3.8, 4) is 0 Å². The zero-order valence-electron chi connectivity index (χ0n) is 10.8. The fraction of sp³-hybridized carbons (Fsp3) is 0.308. The molecule has 0 bridgehead atoms. The molecule has 2 N–H and O–H groups in total. The normalized spacial score (nSPS) is 24.1. The Morgan fingerprint density at radius 3 is 2.65 bits per heavy atom. The van der Waals surface area contributed by atoms with Gasteiger partial charge in [-0.05, 0) is 6.07 Å². The number of hydrogen-bond acceptors (Lipinski definition) is 4. The van der Waals surface area contributed by atoms with Crippen molar-refractivity contribution in [3.05, 3.63) is 29.8 Å². The highest BCUT2D eigenvalue weighted by Gasteiger charge is 2.60. The van der Waals surface area contributed by atoms with Gasteiger partial charge >= 0.3 is 6.03 Å². The number of carbonyl (C=O) groups excluding carboxylic acids is 3. The summed E-state index contributed by atoms with van der Waals surface area (Å²) < 4.78 is 4.98. The Morgan fingerprint density at radius 2 is 2.00 bits per heavy atom. The lowest BCUT2D eigenvalue weighted by molar-refractivity contribution is -0.134. The molecule has 1 spiro atoms. The molecular formula is C13H13N3O4. The number of carbonyl (C=O) groups is 3. The average Bonchev–Trinajstić information content (AvgIpc) is 2.86. The molecule has 0 aromatic heterocycles. The summed E-state index contributed by atoms with van der Waals surface area (Å²) in [5.74, 6) is -1.10. The van der Waals surface area contributed by atoms with E-state index in [9.17, 15) is 14.4 Å². The van der Waals surface area contributed by atoms with Crippen LogP contribution in [0.5, 0.6) is 0 Å². The largest absolute Gasteiger partial charge is 0.383 e. The molecule has 2 aliphatic heterocycles. The fourth-order valence-electron chi connectivity index (χ4n) is 2.65. The van der Waals surface area contributed by atoms with Crippen molar-refractivity contribution in [1.82, 2.24) is 10.6 Å². The highest BCUT2D eigenvalue weighted by Crippen LogP contribution is 2.41. The van der Waals surface area contributed by atoms with Gasteiger partial charge in [0.25, 0.3) is 11.8 Å². The molecule has 3 rings (SSSR count). The Kier molecular flexibility index (Phi) is 2.72. The van der Waals surface area contributed by atoms with Gasteiger partial charge in [0.1, 0.15) is 0 Å². The van der Waals surface area contributed by atoms with E-state index in [-0.39, 0.29) is 0 Å². The van der Waals surface area contributed by atoms with Crippen LogP contribution < -0.4 is 15.5 Å². The summed E-state index contributed by atoms with van der Waals surface area (Å²) in [6.07, 6.45) is 0. The van der Waals surface area contributed by atoms with E-state index >= 15 is 0 Å². The first-order chi connectivity index (χ1) is 9.61. The van der Waals surface area contributed by atoms with Gasteiger partial charge in [0.05, 0.1) is 12.3 Å². The Labute approximate surface area is 114 Å². The molecule has 1 fully saturated rings. The molecule has 1 saturated heterocycles. The Bertz CT molecular complexity index is 615. The molecule has 1 unspecified atom stereocenters.